The largest absolute Gasteiger partial charge is 0.462 e. The van der Waals surface area contributed by atoms with Crippen LogP contribution < -0.4 is 4.90 Å². The quantitative estimate of drug-likeness (QED) is 0.793. The summed E-state index contributed by atoms with van der Waals surface area (Å²) in [5.74, 6) is -0.0962. The highest BCUT2D eigenvalue weighted by molar-refractivity contribution is 6.30. The molecule has 0 aromatic heterocycles. The average molecular weight is 282 g/mol. The number of ether oxygens (including phenoxy) is 1. The first-order chi connectivity index (χ1) is 9.10. The van der Waals surface area contributed by atoms with Crippen LogP contribution in [0.5, 0.6) is 0 Å². The lowest BCUT2D eigenvalue weighted by Crippen LogP contribution is -2.38. The number of anilines is 1. The minimum Gasteiger partial charge on any atom is -0.462 e. The van der Waals surface area contributed by atoms with Crippen molar-refractivity contribution in [2.75, 3.05) is 18.0 Å². The lowest BCUT2D eigenvalue weighted by atomic mass is 10.1. The van der Waals surface area contributed by atoms with E-state index in [4.69, 9.17) is 16.3 Å². The van der Waals surface area contributed by atoms with Crippen molar-refractivity contribution in [1.82, 2.24) is 0 Å². The molecule has 1 fully saturated rings. The highest BCUT2D eigenvalue weighted by Gasteiger charge is 2.22. The number of aryl methyl sites for hydroxylation is 1. The van der Waals surface area contributed by atoms with Gasteiger partial charge in [0.25, 0.3) is 0 Å². The van der Waals surface area contributed by atoms with Gasteiger partial charge in [0.05, 0.1) is 0 Å². The molecule has 0 aliphatic carbocycles. The minimum absolute atomic E-state index is 0.0799. The molecule has 0 spiro atoms. The fraction of sp³-hybridized carbons (Fsp3) is 0.533. The van der Waals surface area contributed by atoms with Crippen LogP contribution in [-0.2, 0) is 9.53 Å². The molecule has 1 aromatic carbocycles. The Balaban J connectivity index is 1.94. The SMILES string of the molecule is CCC(=O)OC1CCN(c2ccc(Cl)cc2C)CC1. The predicted octanol–water partition coefficient (Wildman–Crippen LogP) is 3.57. The van der Waals surface area contributed by atoms with E-state index >= 15 is 0 Å². The van der Waals surface area contributed by atoms with Crippen molar-refractivity contribution >= 4 is 23.3 Å². The van der Waals surface area contributed by atoms with E-state index in [1.807, 2.05) is 19.1 Å². The normalized spacial score (nSPS) is 16.5. The fourth-order valence-corrected chi connectivity index (χ4v) is 2.68. The van der Waals surface area contributed by atoms with Crippen LogP contribution >= 0.6 is 11.6 Å². The smallest absolute Gasteiger partial charge is 0.305 e. The first-order valence-corrected chi connectivity index (χ1v) is 7.18. The molecule has 0 N–H and O–H groups in total. The van der Waals surface area contributed by atoms with Crippen LogP contribution in [0.1, 0.15) is 31.7 Å². The van der Waals surface area contributed by atoms with Crippen LogP contribution in [0, 0.1) is 6.92 Å². The number of esters is 1. The van der Waals surface area contributed by atoms with Crippen LogP contribution in [0.4, 0.5) is 5.69 Å². The van der Waals surface area contributed by atoms with Gasteiger partial charge in [0, 0.05) is 43.1 Å². The second-order valence-corrected chi connectivity index (χ2v) is 5.40. The molecule has 0 unspecified atom stereocenters. The van der Waals surface area contributed by atoms with E-state index in [-0.39, 0.29) is 12.1 Å². The summed E-state index contributed by atoms with van der Waals surface area (Å²) >= 11 is 5.98. The van der Waals surface area contributed by atoms with Crippen LogP contribution in [0.2, 0.25) is 5.02 Å². The zero-order valence-corrected chi connectivity index (χ0v) is 12.2. The van der Waals surface area contributed by atoms with Crippen molar-refractivity contribution < 1.29 is 9.53 Å². The molecular formula is C15H20ClNO2. The summed E-state index contributed by atoms with van der Waals surface area (Å²) in [6.45, 7) is 5.74. The van der Waals surface area contributed by atoms with E-state index in [0.717, 1.165) is 31.0 Å². The van der Waals surface area contributed by atoms with Crippen molar-refractivity contribution in [1.29, 1.82) is 0 Å². The maximum absolute atomic E-state index is 11.3. The van der Waals surface area contributed by atoms with Crippen LogP contribution in [0.15, 0.2) is 18.2 Å². The van der Waals surface area contributed by atoms with Gasteiger partial charge in [0.15, 0.2) is 0 Å². The van der Waals surface area contributed by atoms with E-state index in [1.54, 1.807) is 0 Å². The van der Waals surface area contributed by atoms with Crippen LogP contribution in [-0.4, -0.2) is 25.2 Å². The summed E-state index contributed by atoms with van der Waals surface area (Å²) in [5, 5.41) is 0.771. The van der Waals surface area contributed by atoms with Gasteiger partial charge in [-0.1, -0.05) is 18.5 Å². The Bertz CT molecular complexity index is 453. The van der Waals surface area contributed by atoms with E-state index in [9.17, 15) is 4.79 Å². The number of nitrogens with zero attached hydrogens (tertiary/aromatic N) is 1. The van der Waals surface area contributed by atoms with Gasteiger partial charge in [0.2, 0.25) is 0 Å². The Kier molecular flexibility index (Phi) is 4.70. The topological polar surface area (TPSA) is 29.5 Å². The lowest BCUT2D eigenvalue weighted by molar-refractivity contribution is -0.149. The van der Waals surface area contributed by atoms with Crippen LogP contribution in [0.3, 0.4) is 0 Å². The minimum atomic E-state index is -0.0962. The first kappa shape index (κ1) is 14.2. The van der Waals surface area contributed by atoms with Crippen molar-refractivity contribution in [2.45, 2.75) is 39.2 Å². The molecule has 0 saturated carbocycles. The molecule has 2 rings (SSSR count). The first-order valence-electron chi connectivity index (χ1n) is 6.80. The third kappa shape index (κ3) is 3.63. The third-order valence-corrected chi connectivity index (χ3v) is 3.76. The summed E-state index contributed by atoms with van der Waals surface area (Å²) in [5.41, 5.74) is 2.42. The van der Waals surface area contributed by atoms with Crippen molar-refractivity contribution in [2.24, 2.45) is 0 Å². The molecule has 1 heterocycles. The van der Waals surface area contributed by atoms with Gasteiger partial charge in [-0.2, -0.15) is 0 Å². The summed E-state index contributed by atoms with van der Waals surface area (Å²) in [7, 11) is 0. The molecule has 0 radical (unpaired) electrons. The molecule has 3 nitrogen and oxygen atoms in total. The number of rotatable bonds is 3. The highest BCUT2D eigenvalue weighted by Crippen LogP contribution is 2.27. The standard InChI is InChI=1S/C15H20ClNO2/c1-3-15(18)19-13-6-8-17(9-7-13)14-5-4-12(16)10-11(14)2/h4-5,10,13H,3,6-9H2,1-2H3. The molecule has 19 heavy (non-hydrogen) atoms. The summed E-state index contributed by atoms with van der Waals surface area (Å²) < 4.78 is 5.39. The maximum Gasteiger partial charge on any atom is 0.305 e. The Morgan fingerprint density at radius 2 is 2.11 bits per heavy atom. The molecule has 0 bridgehead atoms. The van der Waals surface area contributed by atoms with E-state index < -0.39 is 0 Å². The van der Waals surface area contributed by atoms with Gasteiger partial charge in [-0.05, 0) is 30.7 Å². The summed E-state index contributed by atoms with van der Waals surface area (Å²) in [4.78, 5) is 13.6. The van der Waals surface area contributed by atoms with Crippen molar-refractivity contribution in [3.63, 3.8) is 0 Å². The Hall–Kier alpha value is -1.22. The van der Waals surface area contributed by atoms with Crippen molar-refractivity contribution in [3.05, 3.63) is 28.8 Å². The van der Waals surface area contributed by atoms with E-state index in [0.29, 0.717) is 6.42 Å². The predicted molar refractivity (Wildman–Crippen MR) is 77.8 cm³/mol. The van der Waals surface area contributed by atoms with Crippen LogP contribution in [0.25, 0.3) is 0 Å². The number of carbonyl (C=O) groups excluding carboxylic acids is 1. The molecule has 0 atom stereocenters. The van der Waals surface area contributed by atoms with Crippen molar-refractivity contribution in [3.8, 4) is 0 Å². The van der Waals surface area contributed by atoms with Gasteiger partial charge < -0.3 is 9.64 Å². The Labute approximate surface area is 119 Å². The third-order valence-electron chi connectivity index (χ3n) is 3.53. The zero-order chi connectivity index (χ0) is 13.8. The average Bonchev–Trinajstić information content (AvgIpc) is 2.40. The molecule has 1 aliphatic heterocycles. The van der Waals surface area contributed by atoms with Gasteiger partial charge in [-0.25, -0.2) is 0 Å². The second kappa shape index (κ2) is 6.29. The molecule has 0 amide bonds. The molecule has 1 aliphatic rings. The number of carbonyl (C=O) groups is 1. The number of hydrogen-bond acceptors (Lipinski definition) is 3. The Morgan fingerprint density at radius 3 is 2.68 bits per heavy atom. The van der Waals surface area contributed by atoms with Gasteiger partial charge in [-0.3, -0.25) is 4.79 Å². The van der Waals surface area contributed by atoms with Gasteiger partial charge >= 0.3 is 5.97 Å². The number of benzene rings is 1. The number of hydrogen-bond donors (Lipinski definition) is 0. The second-order valence-electron chi connectivity index (χ2n) is 4.96. The molecule has 104 valence electrons. The summed E-state index contributed by atoms with van der Waals surface area (Å²) in [6.07, 6.45) is 2.33. The highest BCUT2D eigenvalue weighted by atomic mass is 35.5. The molecular weight excluding hydrogens is 262 g/mol. The Morgan fingerprint density at radius 1 is 1.42 bits per heavy atom. The van der Waals surface area contributed by atoms with E-state index in [1.165, 1.54) is 11.3 Å². The van der Waals surface area contributed by atoms with Gasteiger partial charge in [0.1, 0.15) is 6.10 Å². The molecule has 4 heteroatoms. The fourth-order valence-electron chi connectivity index (χ4n) is 2.46. The maximum atomic E-state index is 11.3. The number of piperidine rings is 1. The lowest BCUT2D eigenvalue weighted by Gasteiger charge is -2.34. The number of halogens is 1. The van der Waals surface area contributed by atoms with E-state index in [2.05, 4.69) is 17.9 Å². The van der Waals surface area contributed by atoms with Gasteiger partial charge in [-0.15, -0.1) is 0 Å². The molecule has 1 saturated heterocycles. The monoisotopic (exact) mass is 281 g/mol. The zero-order valence-electron chi connectivity index (χ0n) is 11.5. The summed E-state index contributed by atoms with van der Waals surface area (Å²) in [6, 6.07) is 5.98. The molecule has 1 aromatic rings.